The Morgan fingerprint density at radius 3 is 2.64 bits per heavy atom. The predicted molar refractivity (Wildman–Crippen MR) is 97.2 cm³/mol. The lowest BCUT2D eigenvalue weighted by Crippen LogP contribution is -2.36. The quantitative estimate of drug-likeness (QED) is 0.879. The summed E-state index contributed by atoms with van der Waals surface area (Å²) in [6, 6.07) is 11.2. The maximum atomic E-state index is 12.7. The van der Waals surface area contributed by atoms with E-state index in [1.54, 1.807) is 6.92 Å². The van der Waals surface area contributed by atoms with Crippen molar-refractivity contribution in [3.63, 3.8) is 0 Å². The second kappa shape index (κ2) is 8.10. The van der Waals surface area contributed by atoms with E-state index >= 15 is 0 Å². The van der Waals surface area contributed by atoms with E-state index in [9.17, 15) is 9.59 Å². The summed E-state index contributed by atoms with van der Waals surface area (Å²) in [7, 11) is 0. The molecule has 2 N–H and O–H groups in total. The lowest BCUT2D eigenvalue weighted by Gasteiger charge is -2.25. The van der Waals surface area contributed by atoms with Crippen molar-refractivity contribution in [3.05, 3.63) is 63.8 Å². The number of aromatic nitrogens is 2. The molecule has 1 amide bonds. The minimum atomic E-state index is -0.177. The number of aryl methyl sites for hydroxylation is 1. The molecule has 0 spiro atoms. The van der Waals surface area contributed by atoms with Gasteiger partial charge in [0.05, 0.1) is 11.7 Å². The molecule has 1 aliphatic rings. The molecule has 5 nitrogen and oxygen atoms in total. The van der Waals surface area contributed by atoms with Gasteiger partial charge in [-0.15, -0.1) is 0 Å². The summed E-state index contributed by atoms with van der Waals surface area (Å²) in [5.74, 6) is 0.817. The van der Waals surface area contributed by atoms with Gasteiger partial charge in [-0.1, -0.05) is 49.6 Å². The van der Waals surface area contributed by atoms with Crippen LogP contribution < -0.4 is 10.9 Å². The standard InChI is InChI=1S/C20H25N3O2/c1-14-21-17(13-19(24)22-14)12-18(15-8-4-2-5-9-15)23-20(25)16-10-6-3-7-11-16/h2,4-5,8-9,13,16,18H,3,6-7,10-12H2,1H3,(H,23,25)(H,21,22,24). The highest BCUT2D eigenvalue weighted by atomic mass is 16.2. The Morgan fingerprint density at radius 2 is 1.96 bits per heavy atom. The molecule has 1 heterocycles. The van der Waals surface area contributed by atoms with E-state index in [0.29, 0.717) is 17.9 Å². The van der Waals surface area contributed by atoms with Crippen molar-refractivity contribution in [2.24, 2.45) is 5.92 Å². The number of aromatic amines is 1. The van der Waals surface area contributed by atoms with E-state index < -0.39 is 0 Å². The summed E-state index contributed by atoms with van der Waals surface area (Å²) in [4.78, 5) is 31.5. The van der Waals surface area contributed by atoms with Crippen molar-refractivity contribution < 1.29 is 4.79 Å². The highest BCUT2D eigenvalue weighted by Gasteiger charge is 2.24. The molecule has 5 heteroatoms. The molecular formula is C20H25N3O2. The van der Waals surface area contributed by atoms with Gasteiger partial charge in [-0.3, -0.25) is 9.59 Å². The number of hydrogen-bond acceptors (Lipinski definition) is 3. The average molecular weight is 339 g/mol. The Balaban J connectivity index is 1.80. The number of nitrogens with one attached hydrogen (secondary N) is 2. The van der Waals surface area contributed by atoms with Crippen molar-refractivity contribution in [2.45, 2.75) is 51.5 Å². The van der Waals surface area contributed by atoms with Gasteiger partial charge >= 0.3 is 0 Å². The molecule has 25 heavy (non-hydrogen) atoms. The highest BCUT2D eigenvalue weighted by Crippen LogP contribution is 2.25. The first-order chi connectivity index (χ1) is 12.1. The van der Waals surface area contributed by atoms with Gasteiger partial charge in [0.2, 0.25) is 5.91 Å². The lowest BCUT2D eigenvalue weighted by atomic mass is 9.88. The van der Waals surface area contributed by atoms with Crippen molar-refractivity contribution in [3.8, 4) is 0 Å². The first-order valence-corrected chi connectivity index (χ1v) is 9.04. The van der Waals surface area contributed by atoms with Gasteiger partial charge in [-0.25, -0.2) is 4.98 Å². The molecule has 0 aliphatic heterocycles. The van der Waals surface area contributed by atoms with Gasteiger partial charge in [-0.05, 0) is 25.3 Å². The van der Waals surface area contributed by atoms with E-state index in [1.165, 1.54) is 12.5 Å². The van der Waals surface area contributed by atoms with Crippen LogP contribution in [-0.2, 0) is 11.2 Å². The second-order valence-corrected chi connectivity index (χ2v) is 6.83. The molecule has 1 aromatic heterocycles. The summed E-state index contributed by atoms with van der Waals surface area (Å²) in [5.41, 5.74) is 1.57. The SMILES string of the molecule is Cc1nc(CC(NC(=O)C2CCCCC2)c2ccccc2)cc(=O)[nH]1. The van der Waals surface area contributed by atoms with E-state index in [0.717, 1.165) is 31.2 Å². The number of rotatable bonds is 5. The van der Waals surface area contributed by atoms with Crippen LogP contribution in [0.2, 0.25) is 0 Å². The monoisotopic (exact) mass is 339 g/mol. The van der Waals surface area contributed by atoms with Gasteiger partial charge in [0, 0.05) is 18.4 Å². The van der Waals surface area contributed by atoms with Crippen LogP contribution in [0.1, 0.15) is 55.2 Å². The minimum absolute atomic E-state index is 0.105. The third-order valence-electron chi connectivity index (χ3n) is 4.82. The fourth-order valence-electron chi connectivity index (χ4n) is 3.55. The molecule has 0 radical (unpaired) electrons. The molecule has 2 aromatic rings. The van der Waals surface area contributed by atoms with Crippen LogP contribution in [-0.4, -0.2) is 15.9 Å². The minimum Gasteiger partial charge on any atom is -0.349 e. The Hall–Kier alpha value is -2.43. The van der Waals surface area contributed by atoms with E-state index in [2.05, 4.69) is 15.3 Å². The molecule has 0 bridgehead atoms. The molecule has 1 aliphatic carbocycles. The van der Waals surface area contributed by atoms with Gasteiger partial charge in [0.15, 0.2) is 0 Å². The Bertz CT molecular complexity index is 764. The number of amides is 1. The van der Waals surface area contributed by atoms with Crippen molar-refractivity contribution in [1.29, 1.82) is 0 Å². The summed E-state index contributed by atoms with van der Waals surface area (Å²) >= 11 is 0. The molecular weight excluding hydrogens is 314 g/mol. The zero-order valence-electron chi connectivity index (χ0n) is 14.6. The van der Waals surface area contributed by atoms with Crippen LogP contribution in [0.15, 0.2) is 41.2 Å². The average Bonchev–Trinajstić information content (AvgIpc) is 2.62. The van der Waals surface area contributed by atoms with E-state index in [1.807, 2.05) is 30.3 Å². The molecule has 1 fully saturated rings. The van der Waals surface area contributed by atoms with Crippen LogP contribution in [0.4, 0.5) is 0 Å². The Morgan fingerprint density at radius 1 is 1.24 bits per heavy atom. The fraction of sp³-hybridized carbons (Fsp3) is 0.450. The van der Waals surface area contributed by atoms with Crippen LogP contribution in [0.5, 0.6) is 0 Å². The molecule has 1 unspecified atom stereocenters. The Kier molecular flexibility index (Phi) is 5.64. The number of hydrogen-bond donors (Lipinski definition) is 2. The zero-order valence-corrected chi connectivity index (χ0v) is 14.6. The molecule has 0 saturated heterocycles. The van der Waals surface area contributed by atoms with Crippen molar-refractivity contribution in [2.75, 3.05) is 0 Å². The van der Waals surface area contributed by atoms with Crippen molar-refractivity contribution in [1.82, 2.24) is 15.3 Å². The van der Waals surface area contributed by atoms with E-state index in [-0.39, 0.29) is 23.4 Å². The first kappa shape index (κ1) is 17.4. The molecule has 1 atom stereocenters. The third kappa shape index (κ3) is 4.78. The number of carbonyl (C=O) groups excluding carboxylic acids is 1. The third-order valence-corrected chi connectivity index (χ3v) is 4.82. The number of nitrogens with zero attached hydrogens (tertiary/aromatic N) is 1. The number of H-pyrrole nitrogens is 1. The molecule has 1 saturated carbocycles. The summed E-state index contributed by atoms with van der Waals surface area (Å²) in [5, 5.41) is 3.20. The number of benzene rings is 1. The van der Waals surface area contributed by atoms with E-state index in [4.69, 9.17) is 0 Å². The van der Waals surface area contributed by atoms with Crippen LogP contribution in [0.3, 0.4) is 0 Å². The van der Waals surface area contributed by atoms with Gasteiger partial charge in [-0.2, -0.15) is 0 Å². The largest absolute Gasteiger partial charge is 0.349 e. The maximum absolute atomic E-state index is 12.7. The summed E-state index contributed by atoms with van der Waals surface area (Å²) in [6.45, 7) is 1.77. The summed E-state index contributed by atoms with van der Waals surface area (Å²) in [6.07, 6.45) is 5.92. The van der Waals surface area contributed by atoms with Gasteiger partial charge < -0.3 is 10.3 Å². The van der Waals surface area contributed by atoms with Crippen molar-refractivity contribution >= 4 is 5.91 Å². The first-order valence-electron chi connectivity index (χ1n) is 9.04. The smallest absolute Gasteiger partial charge is 0.251 e. The fourth-order valence-corrected chi connectivity index (χ4v) is 3.55. The topological polar surface area (TPSA) is 74.8 Å². The Labute approximate surface area is 147 Å². The van der Waals surface area contributed by atoms with Gasteiger partial charge in [0.1, 0.15) is 5.82 Å². The zero-order chi connectivity index (χ0) is 17.6. The van der Waals surface area contributed by atoms with Gasteiger partial charge in [0.25, 0.3) is 5.56 Å². The molecule has 132 valence electrons. The highest BCUT2D eigenvalue weighted by molar-refractivity contribution is 5.79. The molecule has 1 aromatic carbocycles. The van der Waals surface area contributed by atoms with Crippen LogP contribution >= 0.6 is 0 Å². The lowest BCUT2D eigenvalue weighted by molar-refractivity contribution is -0.126. The van der Waals surface area contributed by atoms with Crippen LogP contribution in [0, 0.1) is 12.8 Å². The normalized spacial score (nSPS) is 16.4. The molecule has 3 rings (SSSR count). The summed E-state index contributed by atoms with van der Waals surface area (Å²) < 4.78 is 0. The van der Waals surface area contributed by atoms with Crippen LogP contribution in [0.25, 0.3) is 0 Å². The predicted octanol–water partition coefficient (Wildman–Crippen LogP) is 3.06. The number of carbonyl (C=O) groups is 1. The maximum Gasteiger partial charge on any atom is 0.251 e. The second-order valence-electron chi connectivity index (χ2n) is 6.83.